The Morgan fingerprint density at radius 1 is 1.19 bits per heavy atom. The highest BCUT2D eigenvalue weighted by molar-refractivity contribution is 5.52. The van der Waals surface area contributed by atoms with Crippen LogP contribution < -0.4 is 10.2 Å². The van der Waals surface area contributed by atoms with E-state index in [0.717, 1.165) is 39.1 Å². The molecule has 0 radical (unpaired) electrons. The van der Waals surface area contributed by atoms with Crippen LogP contribution in [0.3, 0.4) is 0 Å². The van der Waals surface area contributed by atoms with E-state index < -0.39 is 0 Å². The van der Waals surface area contributed by atoms with Crippen molar-refractivity contribution in [3.8, 4) is 0 Å². The van der Waals surface area contributed by atoms with Gasteiger partial charge in [0.2, 0.25) is 0 Å². The van der Waals surface area contributed by atoms with Gasteiger partial charge >= 0.3 is 0 Å². The molecule has 1 N–H and O–H groups in total. The summed E-state index contributed by atoms with van der Waals surface area (Å²) in [5.74, 6) is 0.672. The van der Waals surface area contributed by atoms with E-state index in [1.165, 1.54) is 11.3 Å². The van der Waals surface area contributed by atoms with Gasteiger partial charge in [0.1, 0.15) is 0 Å². The second-order valence-electron chi connectivity index (χ2n) is 6.32. The highest BCUT2D eigenvalue weighted by atomic mass is 15.2. The summed E-state index contributed by atoms with van der Waals surface area (Å²) in [6.07, 6.45) is 5.06. The highest BCUT2D eigenvalue weighted by Gasteiger charge is 2.11. The van der Waals surface area contributed by atoms with Crippen molar-refractivity contribution in [2.75, 3.05) is 45.2 Å². The van der Waals surface area contributed by atoms with Crippen LogP contribution in [0, 0.1) is 5.92 Å². The third-order valence-electron chi connectivity index (χ3n) is 3.40. The molecule has 0 atom stereocenters. The normalized spacial score (nSPS) is 11.4. The molecule has 4 heteroatoms. The van der Waals surface area contributed by atoms with Crippen LogP contribution >= 0.6 is 0 Å². The van der Waals surface area contributed by atoms with Crippen LogP contribution in [-0.2, 0) is 6.54 Å². The van der Waals surface area contributed by atoms with Crippen LogP contribution in [0.5, 0.6) is 0 Å². The van der Waals surface area contributed by atoms with Crippen molar-refractivity contribution >= 4 is 5.69 Å². The molecular formula is C17H32N4. The predicted molar refractivity (Wildman–Crippen MR) is 91.8 cm³/mol. The van der Waals surface area contributed by atoms with Crippen LogP contribution in [0.15, 0.2) is 18.5 Å². The molecule has 0 aromatic carbocycles. The molecule has 0 aliphatic carbocycles. The lowest BCUT2D eigenvalue weighted by atomic mass is 10.1. The molecule has 21 heavy (non-hydrogen) atoms. The molecular weight excluding hydrogens is 260 g/mol. The second-order valence-corrected chi connectivity index (χ2v) is 6.32. The Morgan fingerprint density at radius 3 is 2.57 bits per heavy atom. The molecule has 0 aliphatic heterocycles. The number of nitrogens with one attached hydrogen (secondary N) is 1. The molecule has 1 aromatic heterocycles. The van der Waals surface area contributed by atoms with Crippen LogP contribution in [0.2, 0.25) is 0 Å². The zero-order valence-electron chi connectivity index (χ0n) is 14.4. The highest BCUT2D eigenvalue weighted by Crippen LogP contribution is 2.19. The molecule has 0 amide bonds. The number of aromatic nitrogens is 1. The lowest BCUT2D eigenvalue weighted by Gasteiger charge is -2.28. The minimum Gasteiger partial charge on any atom is -0.370 e. The minimum atomic E-state index is 0.672. The van der Waals surface area contributed by atoms with Gasteiger partial charge in [0.25, 0.3) is 0 Å². The van der Waals surface area contributed by atoms with Crippen LogP contribution in [-0.4, -0.2) is 50.2 Å². The molecule has 0 aliphatic rings. The quantitative estimate of drug-likeness (QED) is 0.718. The minimum absolute atomic E-state index is 0.672. The summed E-state index contributed by atoms with van der Waals surface area (Å²) in [4.78, 5) is 9.02. The maximum Gasteiger partial charge on any atom is 0.0443 e. The number of hydrogen-bond donors (Lipinski definition) is 1. The van der Waals surface area contributed by atoms with Crippen molar-refractivity contribution in [3.05, 3.63) is 24.0 Å². The summed E-state index contributed by atoms with van der Waals surface area (Å²) < 4.78 is 0. The van der Waals surface area contributed by atoms with E-state index in [1.54, 1.807) is 0 Å². The molecule has 1 heterocycles. The smallest absolute Gasteiger partial charge is 0.0443 e. The van der Waals surface area contributed by atoms with Gasteiger partial charge in [0, 0.05) is 49.8 Å². The van der Waals surface area contributed by atoms with E-state index in [0.29, 0.717) is 5.92 Å². The maximum atomic E-state index is 4.30. The van der Waals surface area contributed by atoms with Gasteiger partial charge in [-0.3, -0.25) is 4.98 Å². The summed E-state index contributed by atoms with van der Waals surface area (Å²) in [5, 5.41) is 3.53. The first kappa shape index (κ1) is 17.9. The molecule has 0 bridgehead atoms. The first-order valence-electron chi connectivity index (χ1n) is 8.07. The average Bonchev–Trinajstić information content (AvgIpc) is 2.43. The molecule has 0 fully saturated rings. The zero-order chi connectivity index (χ0) is 15.7. The lowest BCUT2D eigenvalue weighted by Crippen LogP contribution is -2.33. The van der Waals surface area contributed by atoms with Gasteiger partial charge in [-0.1, -0.05) is 20.8 Å². The largest absolute Gasteiger partial charge is 0.370 e. The van der Waals surface area contributed by atoms with Gasteiger partial charge in [-0.25, -0.2) is 0 Å². The Morgan fingerprint density at radius 2 is 1.95 bits per heavy atom. The van der Waals surface area contributed by atoms with Gasteiger partial charge in [-0.15, -0.1) is 0 Å². The second kappa shape index (κ2) is 9.74. The molecule has 4 nitrogen and oxygen atoms in total. The Balaban J connectivity index is 2.76. The van der Waals surface area contributed by atoms with Crippen molar-refractivity contribution in [2.24, 2.45) is 5.92 Å². The lowest BCUT2D eigenvalue weighted by molar-refractivity contribution is 0.412. The van der Waals surface area contributed by atoms with Crippen molar-refractivity contribution in [3.63, 3.8) is 0 Å². The fourth-order valence-electron chi connectivity index (χ4n) is 2.30. The van der Waals surface area contributed by atoms with Crippen LogP contribution in [0.4, 0.5) is 5.69 Å². The van der Waals surface area contributed by atoms with Crippen LogP contribution in [0.1, 0.15) is 32.8 Å². The third kappa shape index (κ3) is 6.91. The fourth-order valence-corrected chi connectivity index (χ4v) is 2.30. The molecule has 1 aromatic rings. The molecule has 0 saturated carbocycles. The zero-order valence-corrected chi connectivity index (χ0v) is 14.4. The molecule has 120 valence electrons. The number of hydrogen-bond acceptors (Lipinski definition) is 4. The summed E-state index contributed by atoms with van der Waals surface area (Å²) in [6.45, 7) is 11.9. The monoisotopic (exact) mass is 292 g/mol. The summed E-state index contributed by atoms with van der Waals surface area (Å²) in [5.41, 5.74) is 2.62. The topological polar surface area (TPSA) is 31.4 Å². The number of nitrogens with zero attached hydrogens (tertiary/aromatic N) is 3. The number of likely N-dealkylation sites (N-methyl/N-ethyl adjacent to an activating group) is 1. The third-order valence-corrected chi connectivity index (χ3v) is 3.40. The summed E-state index contributed by atoms with van der Waals surface area (Å²) in [7, 11) is 4.25. The maximum absolute atomic E-state index is 4.30. The van der Waals surface area contributed by atoms with Crippen molar-refractivity contribution in [1.29, 1.82) is 0 Å². The van der Waals surface area contributed by atoms with Crippen molar-refractivity contribution in [2.45, 2.75) is 33.7 Å². The van der Waals surface area contributed by atoms with Gasteiger partial charge in [0.05, 0.1) is 0 Å². The van der Waals surface area contributed by atoms with Gasteiger partial charge < -0.3 is 15.1 Å². The van der Waals surface area contributed by atoms with E-state index in [2.05, 4.69) is 61.0 Å². The predicted octanol–water partition coefficient (Wildman–Crippen LogP) is 2.61. The Bertz CT molecular complexity index is 390. The van der Waals surface area contributed by atoms with Gasteiger partial charge in [0.15, 0.2) is 0 Å². The molecule has 0 saturated heterocycles. The van der Waals surface area contributed by atoms with Gasteiger partial charge in [-0.05, 0) is 39.0 Å². The summed E-state index contributed by atoms with van der Waals surface area (Å²) in [6, 6.07) is 2.15. The van der Waals surface area contributed by atoms with Crippen molar-refractivity contribution in [1.82, 2.24) is 15.2 Å². The van der Waals surface area contributed by atoms with E-state index >= 15 is 0 Å². The fraction of sp³-hybridized carbons (Fsp3) is 0.706. The van der Waals surface area contributed by atoms with Gasteiger partial charge in [-0.2, -0.15) is 0 Å². The first-order valence-corrected chi connectivity index (χ1v) is 8.07. The van der Waals surface area contributed by atoms with E-state index in [-0.39, 0.29) is 0 Å². The standard InChI is InChI=1S/C17H32N4/c1-6-9-21(11-10-20(4)5)17-7-8-18-13-16(17)14-19-12-15(2)3/h7-8,13,15,19H,6,9-12,14H2,1-5H3. The van der Waals surface area contributed by atoms with Crippen LogP contribution in [0.25, 0.3) is 0 Å². The average molecular weight is 292 g/mol. The van der Waals surface area contributed by atoms with E-state index in [1.807, 2.05) is 12.4 Å². The molecule has 0 unspecified atom stereocenters. The molecule has 0 spiro atoms. The van der Waals surface area contributed by atoms with E-state index in [9.17, 15) is 0 Å². The first-order chi connectivity index (χ1) is 10.0. The Labute approximate surface area is 130 Å². The number of pyridine rings is 1. The Kier molecular flexibility index (Phi) is 8.31. The van der Waals surface area contributed by atoms with Crippen molar-refractivity contribution < 1.29 is 0 Å². The SMILES string of the molecule is CCCN(CCN(C)C)c1ccncc1CNCC(C)C. The number of anilines is 1. The Hall–Kier alpha value is -1.13. The number of rotatable bonds is 10. The molecule has 1 rings (SSSR count). The summed E-state index contributed by atoms with van der Waals surface area (Å²) >= 11 is 0. The van der Waals surface area contributed by atoms with E-state index in [4.69, 9.17) is 0 Å².